The third kappa shape index (κ3) is 10.8. The van der Waals surface area contributed by atoms with Crippen LogP contribution in [0.3, 0.4) is 0 Å². The maximum absolute atomic E-state index is 12.1. The second-order valence-electron chi connectivity index (χ2n) is 7.84. The van der Waals surface area contributed by atoms with Crippen LogP contribution < -0.4 is 20.1 Å². The van der Waals surface area contributed by atoms with Gasteiger partial charge in [-0.25, -0.2) is 0 Å². The molecule has 1 aromatic rings. The van der Waals surface area contributed by atoms with E-state index >= 15 is 0 Å². The van der Waals surface area contributed by atoms with Gasteiger partial charge in [0.1, 0.15) is 30.8 Å². The molecule has 1 aromatic carbocycles. The predicted molar refractivity (Wildman–Crippen MR) is 119 cm³/mol. The number of ether oxygens (including phenoxy) is 4. The monoisotopic (exact) mass is 438 g/mol. The van der Waals surface area contributed by atoms with Gasteiger partial charge in [0, 0.05) is 44.9 Å². The number of nitrogens with one attached hydrogen (secondary N) is 2. The van der Waals surface area contributed by atoms with E-state index < -0.39 is 6.10 Å². The number of hydrogen-bond donors (Lipinski definition) is 3. The molecule has 31 heavy (non-hydrogen) atoms. The van der Waals surface area contributed by atoms with Crippen LogP contribution in [-0.2, 0) is 14.3 Å². The van der Waals surface area contributed by atoms with Crippen molar-refractivity contribution in [2.75, 3.05) is 52.7 Å². The Morgan fingerprint density at radius 1 is 1.10 bits per heavy atom. The summed E-state index contributed by atoms with van der Waals surface area (Å²) in [6, 6.07) is 7.36. The second kappa shape index (κ2) is 15.0. The Balaban J connectivity index is 1.55. The van der Waals surface area contributed by atoms with E-state index in [0.29, 0.717) is 45.3 Å². The molecule has 0 spiro atoms. The highest BCUT2D eigenvalue weighted by Gasteiger charge is 2.21. The van der Waals surface area contributed by atoms with Crippen molar-refractivity contribution in [3.05, 3.63) is 24.3 Å². The fourth-order valence-electron chi connectivity index (χ4n) is 3.12. The molecule has 0 radical (unpaired) electrons. The van der Waals surface area contributed by atoms with Crippen molar-refractivity contribution in [3.63, 3.8) is 0 Å². The van der Waals surface area contributed by atoms with Crippen molar-refractivity contribution in [1.82, 2.24) is 10.6 Å². The first-order valence-electron chi connectivity index (χ1n) is 11.3. The average Bonchev–Trinajstić information content (AvgIpc) is 2.81. The molecule has 8 heteroatoms. The summed E-state index contributed by atoms with van der Waals surface area (Å²) >= 11 is 0. The zero-order chi connectivity index (χ0) is 22.3. The lowest BCUT2D eigenvalue weighted by Gasteiger charge is -2.23. The Labute approximate surface area is 185 Å². The van der Waals surface area contributed by atoms with Crippen molar-refractivity contribution in [2.24, 2.45) is 5.92 Å². The zero-order valence-corrected chi connectivity index (χ0v) is 18.8. The highest BCUT2D eigenvalue weighted by Crippen LogP contribution is 2.18. The molecule has 2 atom stereocenters. The number of hydrogen-bond acceptors (Lipinski definition) is 7. The molecular weight excluding hydrogens is 400 g/mol. The van der Waals surface area contributed by atoms with E-state index in [1.54, 1.807) is 0 Å². The van der Waals surface area contributed by atoms with Gasteiger partial charge in [-0.15, -0.1) is 0 Å². The number of benzene rings is 1. The van der Waals surface area contributed by atoms with Crippen LogP contribution in [0.2, 0.25) is 0 Å². The van der Waals surface area contributed by atoms with Crippen LogP contribution in [0.5, 0.6) is 11.5 Å². The van der Waals surface area contributed by atoms with E-state index in [-0.39, 0.29) is 24.5 Å². The molecule has 1 fully saturated rings. The Morgan fingerprint density at radius 3 is 2.45 bits per heavy atom. The highest BCUT2D eigenvalue weighted by molar-refractivity contribution is 5.78. The van der Waals surface area contributed by atoms with Crippen LogP contribution in [0.1, 0.15) is 33.1 Å². The molecule has 176 valence electrons. The zero-order valence-electron chi connectivity index (χ0n) is 18.8. The fourth-order valence-corrected chi connectivity index (χ4v) is 3.12. The molecule has 0 aliphatic carbocycles. The topological polar surface area (TPSA) is 98.3 Å². The van der Waals surface area contributed by atoms with E-state index in [1.807, 2.05) is 31.2 Å². The Hall–Kier alpha value is -1.87. The number of carbonyl (C=O) groups is 1. The van der Waals surface area contributed by atoms with Crippen molar-refractivity contribution < 1.29 is 28.8 Å². The summed E-state index contributed by atoms with van der Waals surface area (Å²) in [7, 11) is 0. The number of aliphatic hydroxyl groups is 1. The molecule has 1 amide bonds. The largest absolute Gasteiger partial charge is 0.491 e. The highest BCUT2D eigenvalue weighted by atomic mass is 16.5. The van der Waals surface area contributed by atoms with Crippen LogP contribution in [0.25, 0.3) is 0 Å². The molecule has 0 saturated carbocycles. The van der Waals surface area contributed by atoms with E-state index in [4.69, 9.17) is 18.9 Å². The Bertz CT molecular complexity index is 607. The quantitative estimate of drug-likeness (QED) is 0.359. The van der Waals surface area contributed by atoms with E-state index in [0.717, 1.165) is 31.6 Å². The molecular formula is C23H38N2O6. The van der Waals surface area contributed by atoms with E-state index in [9.17, 15) is 9.90 Å². The molecule has 0 bridgehead atoms. The average molecular weight is 439 g/mol. The number of amides is 1. The number of carbonyl (C=O) groups excluding carboxylic acids is 1. The van der Waals surface area contributed by atoms with Gasteiger partial charge in [-0.3, -0.25) is 4.79 Å². The maximum Gasteiger partial charge on any atom is 0.223 e. The van der Waals surface area contributed by atoms with Crippen molar-refractivity contribution in [2.45, 2.75) is 45.3 Å². The lowest BCUT2D eigenvalue weighted by molar-refractivity contribution is -0.127. The first-order valence-corrected chi connectivity index (χ1v) is 11.3. The van der Waals surface area contributed by atoms with Crippen LogP contribution in [0.15, 0.2) is 24.3 Å². The second-order valence-corrected chi connectivity index (χ2v) is 7.84. The van der Waals surface area contributed by atoms with Gasteiger partial charge in [0.15, 0.2) is 0 Å². The summed E-state index contributed by atoms with van der Waals surface area (Å²) in [4.78, 5) is 12.1. The lowest BCUT2D eigenvalue weighted by Crippen LogP contribution is -2.44. The van der Waals surface area contributed by atoms with Crippen LogP contribution >= 0.6 is 0 Å². The molecule has 1 heterocycles. The third-order valence-electron chi connectivity index (χ3n) is 4.99. The van der Waals surface area contributed by atoms with Crippen LogP contribution in [0.4, 0.5) is 0 Å². The van der Waals surface area contributed by atoms with Crippen LogP contribution in [-0.4, -0.2) is 75.9 Å². The smallest absolute Gasteiger partial charge is 0.223 e. The molecule has 0 aromatic heterocycles. The molecule has 0 unspecified atom stereocenters. The molecule has 1 aliphatic heterocycles. The summed E-state index contributed by atoms with van der Waals surface area (Å²) in [5, 5.41) is 16.4. The molecule has 1 saturated heterocycles. The standard InChI is InChI=1S/C23H38N2O6/c1-3-10-28-13-14-30-21-4-6-22(7-5-21)31-17-20(26)16-24-18(2)15-25-23(27)19-8-11-29-12-9-19/h4-7,18-20,24,26H,3,8-17H2,1-2H3,(H,25,27)/t18-,20+/m1/s1. The molecule has 8 nitrogen and oxygen atoms in total. The van der Waals surface area contributed by atoms with E-state index in [2.05, 4.69) is 17.6 Å². The molecule has 3 N–H and O–H groups in total. The van der Waals surface area contributed by atoms with Crippen LogP contribution in [0, 0.1) is 5.92 Å². The van der Waals surface area contributed by atoms with Gasteiger partial charge in [0.25, 0.3) is 0 Å². The summed E-state index contributed by atoms with van der Waals surface area (Å²) in [5.41, 5.74) is 0. The number of aliphatic hydroxyl groups excluding tert-OH is 1. The van der Waals surface area contributed by atoms with Gasteiger partial charge >= 0.3 is 0 Å². The van der Waals surface area contributed by atoms with Gasteiger partial charge in [0.2, 0.25) is 5.91 Å². The Kier molecular flexibility index (Phi) is 12.3. The predicted octanol–water partition coefficient (Wildman–Crippen LogP) is 1.75. The van der Waals surface area contributed by atoms with Crippen molar-refractivity contribution in [1.29, 1.82) is 0 Å². The minimum atomic E-state index is -0.653. The fraction of sp³-hybridized carbons (Fsp3) is 0.696. The molecule has 2 rings (SSSR count). The minimum Gasteiger partial charge on any atom is -0.491 e. The first-order chi connectivity index (χ1) is 15.1. The first kappa shape index (κ1) is 25.4. The van der Waals surface area contributed by atoms with Gasteiger partial charge in [0.05, 0.1) is 6.61 Å². The summed E-state index contributed by atoms with van der Waals surface area (Å²) in [5.74, 6) is 1.56. The third-order valence-corrected chi connectivity index (χ3v) is 4.99. The van der Waals surface area contributed by atoms with Gasteiger partial charge < -0.3 is 34.7 Å². The Morgan fingerprint density at radius 2 is 1.77 bits per heavy atom. The van der Waals surface area contributed by atoms with Crippen molar-refractivity contribution in [3.8, 4) is 11.5 Å². The maximum atomic E-state index is 12.1. The van der Waals surface area contributed by atoms with E-state index in [1.165, 1.54) is 0 Å². The molecule has 1 aliphatic rings. The van der Waals surface area contributed by atoms with Gasteiger partial charge in [-0.05, 0) is 50.5 Å². The van der Waals surface area contributed by atoms with Gasteiger partial charge in [-0.1, -0.05) is 6.92 Å². The minimum absolute atomic E-state index is 0.0473. The number of rotatable bonds is 15. The SMILES string of the molecule is CCCOCCOc1ccc(OC[C@@H](O)CN[C@H](C)CNC(=O)C2CCOCC2)cc1. The summed E-state index contributed by atoms with van der Waals surface area (Å²) in [6.07, 6.45) is 1.91. The lowest BCUT2D eigenvalue weighted by atomic mass is 9.99. The summed E-state index contributed by atoms with van der Waals surface area (Å²) in [6.45, 7) is 8.27. The van der Waals surface area contributed by atoms with Crippen molar-refractivity contribution >= 4 is 5.91 Å². The summed E-state index contributed by atoms with van der Waals surface area (Å²) < 4.78 is 21.9. The normalized spacial score (nSPS) is 16.5. The van der Waals surface area contributed by atoms with Gasteiger partial charge in [-0.2, -0.15) is 0 Å².